The Hall–Kier alpha value is -0.620. The molecule has 0 heterocycles. The molecule has 0 amide bonds. The standard InChI is InChI=1S/C12H20N2O2S.ClH/c1-10-5-6-12(9-11(10)2)17(15,16)14-8-4-7-13-3;/h5-6,9,13-14H,4,7-8H2,1-3H3;1H. The zero-order valence-electron chi connectivity index (χ0n) is 11.0. The average molecular weight is 293 g/mol. The quantitative estimate of drug-likeness (QED) is 0.783. The summed E-state index contributed by atoms with van der Waals surface area (Å²) in [4.78, 5) is 0.338. The van der Waals surface area contributed by atoms with Crippen LogP contribution in [0.2, 0.25) is 0 Å². The molecule has 0 radical (unpaired) electrons. The maximum absolute atomic E-state index is 11.9. The van der Waals surface area contributed by atoms with Crippen LogP contribution in [0.15, 0.2) is 23.1 Å². The number of aryl methyl sites for hydroxylation is 2. The molecule has 0 atom stereocenters. The number of sulfonamides is 1. The minimum atomic E-state index is -3.36. The molecular weight excluding hydrogens is 272 g/mol. The van der Waals surface area contributed by atoms with E-state index in [4.69, 9.17) is 0 Å². The summed E-state index contributed by atoms with van der Waals surface area (Å²) in [6, 6.07) is 5.18. The van der Waals surface area contributed by atoms with E-state index in [9.17, 15) is 8.42 Å². The number of hydrogen-bond acceptors (Lipinski definition) is 3. The Kier molecular flexibility index (Phi) is 7.47. The van der Waals surface area contributed by atoms with Crippen LogP contribution in [0.3, 0.4) is 0 Å². The summed E-state index contributed by atoms with van der Waals surface area (Å²) in [5.74, 6) is 0. The Morgan fingerprint density at radius 1 is 1.11 bits per heavy atom. The molecule has 0 spiro atoms. The van der Waals surface area contributed by atoms with Crippen molar-refractivity contribution in [2.75, 3.05) is 20.1 Å². The first-order valence-corrected chi connectivity index (χ1v) is 7.17. The zero-order valence-corrected chi connectivity index (χ0v) is 12.6. The molecule has 1 aromatic rings. The highest BCUT2D eigenvalue weighted by atomic mass is 35.5. The highest BCUT2D eigenvalue weighted by Crippen LogP contribution is 2.14. The molecule has 0 saturated heterocycles. The predicted octanol–water partition coefficient (Wildman–Crippen LogP) is 1.61. The fraction of sp³-hybridized carbons (Fsp3) is 0.500. The third-order valence-corrected chi connectivity index (χ3v) is 4.14. The second kappa shape index (κ2) is 7.74. The maximum atomic E-state index is 11.9. The van der Waals surface area contributed by atoms with Crippen molar-refractivity contribution < 1.29 is 8.42 Å². The summed E-state index contributed by atoms with van der Waals surface area (Å²) in [7, 11) is -1.51. The van der Waals surface area contributed by atoms with Gasteiger partial charge in [0.2, 0.25) is 10.0 Å². The summed E-state index contributed by atoms with van der Waals surface area (Å²) >= 11 is 0. The largest absolute Gasteiger partial charge is 0.320 e. The molecule has 0 fully saturated rings. The molecule has 2 N–H and O–H groups in total. The monoisotopic (exact) mass is 292 g/mol. The molecule has 0 aromatic heterocycles. The van der Waals surface area contributed by atoms with E-state index in [1.165, 1.54) is 0 Å². The van der Waals surface area contributed by atoms with Crippen LogP contribution in [0.4, 0.5) is 0 Å². The Balaban J connectivity index is 0.00000289. The first kappa shape index (κ1) is 17.4. The minimum Gasteiger partial charge on any atom is -0.320 e. The number of nitrogens with one attached hydrogen (secondary N) is 2. The van der Waals surface area contributed by atoms with Gasteiger partial charge in [-0.15, -0.1) is 12.4 Å². The summed E-state index contributed by atoms with van der Waals surface area (Å²) < 4.78 is 26.4. The van der Waals surface area contributed by atoms with Crippen LogP contribution in [0.25, 0.3) is 0 Å². The number of hydrogen-bond donors (Lipinski definition) is 2. The fourth-order valence-electron chi connectivity index (χ4n) is 1.44. The SMILES string of the molecule is CNCCCNS(=O)(=O)c1ccc(C)c(C)c1.Cl. The zero-order chi connectivity index (χ0) is 12.9. The number of halogens is 1. The lowest BCUT2D eigenvalue weighted by Crippen LogP contribution is -2.26. The van der Waals surface area contributed by atoms with Crippen molar-refractivity contribution in [1.29, 1.82) is 0 Å². The maximum Gasteiger partial charge on any atom is 0.240 e. The normalized spacial score (nSPS) is 11.1. The molecule has 1 rings (SSSR count). The first-order valence-electron chi connectivity index (χ1n) is 5.69. The van der Waals surface area contributed by atoms with Gasteiger partial charge in [-0.25, -0.2) is 13.1 Å². The van der Waals surface area contributed by atoms with Gasteiger partial charge in [0.1, 0.15) is 0 Å². The van der Waals surface area contributed by atoms with Crippen molar-refractivity contribution >= 4 is 22.4 Å². The summed E-state index contributed by atoms with van der Waals surface area (Å²) in [5.41, 5.74) is 2.09. The van der Waals surface area contributed by atoms with Crippen molar-refractivity contribution in [2.45, 2.75) is 25.2 Å². The predicted molar refractivity (Wildman–Crippen MR) is 76.9 cm³/mol. The lowest BCUT2D eigenvalue weighted by Gasteiger charge is -2.08. The first-order chi connectivity index (χ1) is 7.97. The van der Waals surface area contributed by atoms with E-state index in [-0.39, 0.29) is 12.4 Å². The summed E-state index contributed by atoms with van der Waals surface area (Å²) in [5, 5.41) is 2.98. The van der Waals surface area contributed by atoms with Gasteiger partial charge in [0.05, 0.1) is 4.90 Å². The van der Waals surface area contributed by atoms with Gasteiger partial charge >= 0.3 is 0 Å². The van der Waals surface area contributed by atoms with Gasteiger partial charge in [0.15, 0.2) is 0 Å². The topological polar surface area (TPSA) is 58.2 Å². The molecule has 6 heteroatoms. The van der Waals surface area contributed by atoms with Gasteiger partial charge in [-0.05, 0) is 57.1 Å². The summed E-state index contributed by atoms with van der Waals surface area (Å²) in [6.07, 6.45) is 0.778. The highest BCUT2D eigenvalue weighted by molar-refractivity contribution is 7.89. The Labute approximate surface area is 116 Å². The van der Waals surface area contributed by atoms with E-state index in [2.05, 4.69) is 10.0 Å². The van der Waals surface area contributed by atoms with Crippen LogP contribution in [0, 0.1) is 13.8 Å². The molecule has 104 valence electrons. The molecule has 0 unspecified atom stereocenters. The molecular formula is C12H21ClN2O2S. The van der Waals surface area contributed by atoms with Gasteiger partial charge in [-0.2, -0.15) is 0 Å². The van der Waals surface area contributed by atoms with Gasteiger partial charge in [0.25, 0.3) is 0 Å². The van der Waals surface area contributed by atoms with E-state index in [1.54, 1.807) is 12.1 Å². The Bertz CT molecular complexity index is 475. The molecule has 4 nitrogen and oxygen atoms in total. The van der Waals surface area contributed by atoms with Crippen LogP contribution in [-0.2, 0) is 10.0 Å². The van der Waals surface area contributed by atoms with Crippen molar-refractivity contribution in [3.05, 3.63) is 29.3 Å². The molecule has 1 aromatic carbocycles. The van der Waals surface area contributed by atoms with Crippen LogP contribution in [-0.4, -0.2) is 28.6 Å². The lowest BCUT2D eigenvalue weighted by atomic mass is 10.1. The summed E-state index contributed by atoms with van der Waals surface area (Å²) in [6.45, 7) is 5.13. The lowest BCUT2D eigenvalue weighted by molar-refractivity contribution is 0.577. The number of rotatable bonds is 6. The Morgan fingerprint density at radius 3 is 2.33 bits per heavy atom. The van der Waals surface area contributed by atoms with E-state index >= 15 is 0 Å². The smallest absolute Gasteiger partial charge is 0.240 e. The second-order valence-electron chi connectivity index (χ2n) is 4.10. The van der Waals surface area contributed by atoms with Gasteiger partial charge in [-0.1, -0.05) is 6.07 Å². The molecule has 0 aliphatic rings. The van der Waals surface area contributed by atoms with Gasteiger partial charge in [0, 0.05) is 6.54 Å². The van der Waals surface area contributed by atoms with Crippen LogP contribution < -0.4 is 10.0 Å². The van der Waals surface area contributed by atoms with Gasteiger partial charge in [-0.3, -0.25) is 0 Å². The molecule has 18 heavy (non-hydrogen) atoms. The highest BCUT2D eigenvalue weighted by Gasteiger charge is 2.13. The molecule has 0 bridgehead atoms. The van der Waals surface area contributed by atoms with E-state index < -0.39 is 10.0 Å². The molecule has 0 aliphatic carbocycles. The van der Waals surface area contributed by atoms with E-state index in [0.717, 1.165) is 24.1 Å². The second-order valence-corrected chi connectivity index (χ2v) is 5.87. The molecule has 0 saturated carbocycles. The number of benzene rings is 1. The van der Waals surface area contributed by atoms with E-state index in [1.807, 2.05) is 27.0 Å². The van der Waals surface area contributed by atoms with Crippen molar-refractivity contribution in [2.24, 2.45) is 0 Å². The van der Waals surface area contributed by atoms with Gasteiger partial charge < -0.3 is 5.32 Å². The minimum absolute atomic E-state index is 0. The van der Waals surface area contributed by atoms with Crippen molar-refractivity contribution in [3.63, 3.8) is 0 Å². The Morgan fingerprint density at radius 2 is 1.78 bits per heavy atom. The van der Waals surface area contributed by atoms with Crippen LogP contribution in [0.1, 0.15) is 17.5 Å². The fourth-order valence-corrected chi connectivity index (χ4v) is 2.59. The van der Waals surface area contributed by atoms with Crippen molar-refractivity contribution in [3.8, 4) is 0 Å². The average Bonchev–Trinajstić information content (AvgIpc) is 2.28. The third-order valence-electron chi connectivity index (χ3n) is 2.68. The van der Waals surface area contributed by atoms with E-state index in [0.29, 0.717) is 11.4 Å². The molecule has 0 aliphatic heterocycles. The third kappa shape index (κ3) is 4.94. The van der Waals surface area contributed by atoms with Crippen molar-refractivity contribution in [1.82, 2.24) is 10.0 Å². The van der Waals surface area contributed by atoms with Crippen LogP contribution >= 0.6 is 12.4 Å². The van der Waals surface area contributed by atoms with Crippen LogP contribution in [0.5, 0.6) is 0 Å².